The maximum absolute atomic E-state index is 5.78. The van der Waals surface area contributed by atoms with Crippen LogP contribution in [0.4, 0.5) is 0 Å². The molecule has 2 rings (SSSR count). The average molecular weight is 258 g/mol. The first-order valence-corrected chi connectivity index (χ1v) is 6.37. The zero-order valence-corrected chi connectivity index (χ0v) is 11.0. The number of pyridine rings is 1. The molecule has 0 aliphatic rings. The molecule has 19 heavy (non-hydrogen) atoms. The summed E-state index contributed by atoms with van der Waals surface area (Å²) in [5, 5.41) is 0. The molecule has 0 amide bonds. The van der Waals surface area contributed by atoms with Gasteiger partial charge in [-0.3, -0.25) is 4.98 Å². The molecular weight excluding hydrogens is 240 g/mol. The summed E-state index contributed by atoms with van der Waals surface area (Å²) in [5.74, 6) is 2.34. The second-order valence-corrected chi connectivity index (χ2v) is 4.11. The minimum atomic E-state index is 0.404. The predicted molar refractivity (Wildman–Crippen MR) is 74.4 cm³/mol. The van der Waals surface area contributed by atoms with E-state index in [0.29, 0.717) is 6.54 Å². The normalized spacial score (nSPS) is 10.2. The van der Waals surface area contributed by atoms with Crippen molar-refractivity contribution in [1.29, 1.82) is 0 Å². The summed E-state index contributed by atoms with van der Waals surface area (Å²) in [4.78, 5) is 4.03. The highest BCUT2D eigenvalue weighted by Gasteiger charge is 2.03. The third kappa shape index (κ3) is 3.69. The second-order valence-electron chi connectivity index (χ2n) is 4.11. The number of benzene rings is 1. The van der Waals surface area contributed by atoms with Crippen molar-refractivity contribution in [1.82, 2.24) is 4.98 Å². The van der Waals surface area contributed by atoms with Crippen LogP contribution < -0.4 is 15.2 Å². The third-order valence-electron chi connectivity index (χ3n) is 2.60. The second kappa shape index (κ2) is 6.75. The standard InChI is InChI=1S/C15H18N2O2/c1-2-9-18-13-3-5-14(6-4-13)19-15-7-8-17-11-12(15)10-16/h3-8,11H,2,9-10,16H2,1H3. The molecular formula is C15H18N2O2. The first-order chi connectivity index (χ1) is 9.33. The summed E-state index contributed by atoms with van der Waals surface area (Å²) >= 11 is 0. The summed E-state index contributed by atoms with van der Waals surface area (Å²) < 4.78 is 11.3. The Labute approximate surface area is 113 Å². The van der Waals surface area contributed by atoms with Gasteiger partial charge in [0.25, 0.3) is 0 Å². The molecule has 0 aliphatic carbocycles. The minimum Gasteiger partial charge on any atom is -0.494 e. The van der Waals surface area contributed by atoms with Gasteiger partial charge in [0.05, 0.1) is 6.61 Å². The molecule has 0 atom stereocenters. The summed E-state index contributed by atoms with van der Waals surface area (Å²) in [7, 11) is 0. The SMILES string of the molecule is CCCOc1ccc(Oc2ccncc2CN)cc1. The van der Waals surface area contributed by atoms with Gasteiger partial charge >= 0.3 is 0 Å². The van der Waals surface area contributed by atoms with E-state index < -0.39 is 0 Å². The van der Waals surface area contributed by atoms with Gasteiger partial charge in [-0.15, -0.1) is 0 Å². The van der Waals surface area contributed by atoms with Crippen molar-refractivity contribution in [2.75, 3.05) is 6.61 Å². The Morgan fingerprint density at radius 2 is 1.84 bits per heavy atom. The van der Waals surface area contributed by atoms with Crippen LogP contribution in [0, 0.1) is 0 Å². The van der Waals surface area contributed by atoms with Crippen LogP contribution in [0.1, 0.15) is 18.9 Å². The maximum Gasteiger partial charge on any atom is 0.134 e. The lowest BCUT2D eigenvalue weighted by atomic mass is 10.2. The van der Waals surface area contributed by atoms with Crippen molar-refractivity contribution in [2.24, 2.45) is 5.73 Å². The van der Waals surface area contributed by atoms with Gasteiger partial charge in [0.1, 0.15) is 17.2 Å². The molecule has 1 aromatic carbocycles. The summed E-state index contributed by atoms with van der Waals surface area (Å²) in [6, 6.07) is 9.36. The van der Waals surface area contributed by atoms with Crippen molar-refractivity contribution >= 4 is 0 Å². The Morgan fingerprint density at radius 1 is 1.11 bits per heavy atom. The topological polar surface area (TPSA) is 57.4 Å². The fraction of sp³-hybridized carbons (Fsp3) is 0.267. The van der Waals surface area contributed by atoms with E-state index in [4.69, 9.17) is 15.2 Å². The Balaban J connectivity index is 2.06. The van der Waals surface area contributed by atoms with Crippen LogP contribution in [-0.4, -0.2) is 11.6 Å². The Hall–Kier alpha value is -2.07. The van der Waals surface area contributed by atoms with Gasteiger partial charge in [0.15, 0.2) is 0 Å². The van der Waals surface area contributed by atoms with Gasteiger partial charge in [-0.1, -0.05) is 6.92 Å². The highest BCUT2D eigenvalue weighted by Crippen LogP contribution is 2.26. The molecule has 0 spiro atoms. The van der Waals surface area contributed by atoms with E-state index in [2.05, 4.69) is 11.9 Å². The monoisotopic (exact) mass is 258 g/mol. The lowest BCUT2D eigenvalue weighted by Gasteiger charge is -2.10. The summed E-state index contributed by atoms with van der Waals surface area (Å²) in [5.41, 5.74) is 6.53. The number of rotatable bonds is 6. The van der Waals surface area contributed by atoms with Gasteiger partial charge < -0.3 is 15.2 Å². The molecule has 100 valence electrons. The van der Waals surface area contributed by atoms with Crippen LogP contribution >= 0.6 is 0 Å². The number of hydrogen-bond donors (Lipinski definition) is 1. The Bertz CT molecular complexity index is 512. The van der Waals surface area contributed by atoms with E-state index in [-0.39, 0.29) is 0 Å². The van der Waals surface area contributed by atoms with Crippen molar-refractivity contribution in [3.8, 4) is 17.2 Å². The molecule has 1 aromatic heterocycles. The minimum absolute atomic E-state index is 0.404. The molecule has 0 unspecified atom stereocenters. The fourth-order valence-electron chi connectivity index (χ4n) is 1.62. The lowest BCUT2D eigenvalue weighted by Crippen LogP contribution is -2.00. The number of nitrogens with two attached hydrogens (primary N) is 1. The van der Waals surface area contributed by atoms with Gasteiger partial charge in [-0.2, -0.15) is 0 Å². The zero-order chi connectivity index (χ0) is 13.5. The first kappa shape index (κ1) is 13.4. The third-order valence-corrected chi connectivity index (χ3v) is 2.60. The van der Waals surface area contributed by atoms with E-state index in [1.165, 1.54) is 0 Å². The predicted octanol–water partition coefficient (Wildman–Crippen LogP) is 3.12. The van der Waals surface area contributed by atoms with Gasteiger partial charge in [-0.05, 0) is 36.8 Å². The molecule has 0 radical (unpaired) electrons. The molecule has 1 heterocycles. The molecule has 2 N–H and O–H groups in total. The number of nitrogens with zero attached hydrogens (tertiary/aromatic N) is 1. The van der Waals surface area contributed by atoms with E-state index in [1.807, 2.05) is 30.3 Å². The molecule has 0 fully saturated rings. The molecule has 0 saturated heterocycles. The van der Waals surface area contributed by atoms with Crippen LogP contribution in [0.2, 0.25) is 0 Å². The van der Waals surface area contributed by atoms with Crippen LogP contribution in [0.25, 0.3) is 0 Å². The van der Waals surface area contributed by atoms with Crippen LogP contribution in [0.5, 0.6) is 17.2 Å². The molecule has 4 heteroatoms. The van der Waals surface area contributed by atoms with Crippen LogP contribution in [0.3, 0.4) is 0 Å². The molecule has 0 aliphatic heterocycles. The quantitative estimate of drug-likeness (QED) is 0.864. The van der Waals surface area contributed by atoms with Gasteiger partial charge in [0.2, 0.25) is 0 Å². The Morgan fingerprint density at radius 3 is 2.53 bits per heavy atom. The van der Waals surface area contributed by atoms with Crippen LogP contribution in [-0.2, 0) is 6.54 Å². The summed E-state index contributed by atoms with van der Waals surface area (Å²) in [6.45, 7) is 3.21. The van der Waals surface area contributed by atoms with Gasteiger partial charge in [-0.25, -0.2) is 0 Å². The number of hydrogen-bond acceptors (Lipinski definition) is 4. The maximum atomic E-state index is 5.78. The molecule has 2 aromatic rings. The highest BCUT2D eigenvalue weighted by molar-refractivity contribution is 5.38. The molecule has 0 saturated carbocycles. The molecule has 0 bridgehead atoms. The van der Waals surface area contributed by atoms with Crippen molar-refractivity contribution in [3.05, 3.63) is 48.3 Å². The van der Waals surface area contributed by atoms with Gasteiger partial charge in [0, 0.05) is 24.5 Å². The van der Waals surface area contributed by atoms with Crippen LogP contribution in [0.15, 0.2) is 42.7 Å². The Kier molecular flexibility index (Phi) is 4.75. The van der Waals surface area contributed by atoms with Crippen molar-refractivity contribution < 1.29 is 9.47 Å². The summed E-state index contributed by atoms with van der Waals surface area (Å²) in [6.07, 6.45) is 4.40. The smallest absolute Gasteiger partial charge is 0.134 e. The zero-order valence-electron chi connectivity index (χ0n) is 11.0. The van der Waals surface area contributed by atoms with E-state index >= 15 is 0 Å². The highest BCUT2D eigenvalue weighted by atomic mass is 16.5. The number of ether oxygens (including phenoxy) is 2. The van der Waals surface area contributed by atoms with E-state index in [9.17, 15) is 0 Å². The number of aromatic nitrogens is 1. The van der Waals surface area contributed by atoms with E-state index in [0.717, 1.165) is 35.8 Å². The largest absolute Gasteiger partial charge is 0.494 e. The fourth-order valence-corrected chi connectivity index (χ4v) is 1.62. The van der Waals surface area contributed by atoms with Crippen molar-refractivity contribution in [3.63, 3.8) is 0 Å². The van der Waals surface area contributed by atoms with E-state index in [1.54, 1.807) is 12.4 Å². The lowest BCUT2D eigenvalue weighted by molar-refractivity contribution is 0.317. The average Bonchev–Trinajstić information content (AvgIpc) is 2.47. The molecule has 4 nitrogen and oxygen atoms in total. The van der Waals surface area contributed by atoms with Crippen molar-refractivity contribution in [2.45, 2.75) is 19.9 Å². The first-order valence-electron chi connectivity index (χ1n) is 6.37.